The maximum atomic E-state index is 13.4. The van der Waals surface area contributed by atoms with Crippen LogP contribution in [0.2, 0.25) is 0 Å². The van der Waals surface area contributed by atoms with E-state index in [1.54, 1.807) is 29.0 Å². The molecule has 0 aliphatic carbocycles. The molecule has 1 aromatic carbocycles. The third kappa shape index (κ3) is 3.55. The van der Waals surface area contributed by atoms with E-state index in [0.717, 1.165) is 12.1 Å². The van der Waals surface area contributed by atoms with Crippen molar-refractivity contribution in [1.82, 2.24) is 9.47 Å². The summed E-state index contributed by atoms with van der Waals surface area (Å²) in [6, 6.07) is 10.1. The third-order valence-corrected chi connectivity index (χ3v) is 6.94. The molecule has 5 rings (SSSR count). The van der Waals surface area contributed by atoms with Gasteiger partial charge in [0.15, 0.2) is 0 Å². The molecule has 0 N–H and O–H groups in total. The van der Waals surface area contributed by atoms with Crippen molar-refractivity contribution >= 4 is 23.2 Å². The molecule has 172 valence electrons. The number of para-hydroxylation sites is 2. The zero-order chi connectivity index (χ0) is 23.3. The van der Waals surface area contributed by atoms with Crippen LogP contribution in [0, 0.1) is 22.0 Å². The highest BCUT2D eigenvalue weighted by atomic mass is 16.6. The molecule has 3 aliphatic heterocycles. The van der Waals surface area contributed by atoms with Crippen LogP contribution in [0.15, 0.2) is 41.2 Å². The van der Waals surface area contributed by atoms with Crippen LogP contribution in [-0.4, -0.2) is 52.9 Å². The predicted molar refractivity (Wildman–Crippen MR) is 118 cm³/mol. The normalized spacial score (nSPS) is 23.9. The van der Waals surface area contributed by atoms with Gasteiger partial charge in [0.05, 0.1) is 23.6 Å². The lowest BCUT2D eigenvalue weighted by molar-refractivity contribution is -0.386. The van der Waals surface area contributed by atoms with Gasteiger partial charge < -0.3 is 19.1 Å². The number of aromatic nitrogens is 1. The molecule has 1 aromatic heterocycles. The summed E-state index contributed by atoms with van der Waals surface area (Å²) >= 11 is 0. The molecule has 2 aromatic rings. The van der Waals surface area contributed by atoms with E-state index in [9.17, 15) is 24.5 Å². The number of likely N-dealkylation sites (tertiary alicyclic amines) is 1. The van der Waals surface area contributed by atoms with Crippen LogP contribution in [0.3, 0.4) is 0 Å². The Morgan fingerprint density at radius 2 is 1.88 bits per heavy atom. The smallest absolute Gasteiger partial charge is 0.334 e. The Labute approximate surface area is 189 Å². The van der Waals surface area contributed by atoms with Gasteiger partial charge in [-0.3, -0.25) is 24.5 Å². The molecule has 2 amide bonds. The Hall–Kier alpha value is -3.69. The molecule has 0 radical (unpaired) electrons. The summed E-state index contributed by atoms with van der Waals surface area (Å²) in [4.78, 5) is 52.6. The SMILES string of the molecule is COc1ccccc1N1C[C@H](C(=O)N2C[C@@H]3C[C@@H](C2)c2ccc([N+](=O)[O-])c(=O)n2C3)CC1=O. The second-order valence-corrected chi connectivity index (χ2v) is 8.94. The van der Waals surface area contributed by atoms with Gasteiger partial charge in [0.25, 0.3) is 0 Å². The van der Waals surface area contributed by atoms with Crippen molar-refractivity contribution in [3.05, 3.63) is 62.6 Å². The van der Waals surface area contributed by atoms with Crippen LogP contribution in [-0.2, 0) is 16.1 Å². The highest BCUT2D eigenvalue weighted by Crippen LogP contribution is 2.38. The number of amides is 2. The number of pyridine rings is 1. The second kappa shape index (κ2) is 8.02. The first-order valence-corrected chi connectivity index (χ1v) is 11.0. The lowest BCUT2D eigenvalue weighted by Gasteiger charge is -2.43. The van der Waals surface area contributed by atoms with Crippen LogP contribution < -0.4 is 15.2 Å². The summed E-state index contributed by atoms with van der Waals surface area (Å²) in [5.74, 6) is -0.0463. The maximum absolute atomic E-state index is 13.4. The number of hydrogen-bond acceptors (Lipinski definition) is 6. The zero-order valence-corrected chi connectivity index (χ0v) is 18.2. The predicted octanol–water partition coefficient (Wildman–Crippen LogP) is 1.76. The number of carbonyl (C=O) groups is 2. The lowest BCUT2D eigenvalue weighted by Crippen LogP contribution is -2.51. The standard InChI is InChI=1S/C23H24N4O6/c1-33-20-5-3-2-4-18(20)25-13-16(9-21(25)28)22(29)24-10-14-8-15(12-24)17-6-7-19(27(31)32)23(30)26(17)11-14/h2-7,14-16H,8-13H2,1H3/t14-,15-,16+/m0/s1. The van der Waals surface area contributed by atoms with Crippen LogP contribution in [0.4, 0.5) is 11.4 Å². The van der Waals surface area contributed by atoms with E-state index < -0.39 is 22.1 Å². The number of anilines is 1. The molecule has 3 aliphatic rings. The van der Waals surface area contributed by atoms with Gasteiger partial charge in [0.2, 0.25) is 11.8 Å². The molecule has 0 unspecified atom stereocenters. The largest absolute Gasteiger partial charge is 0.495 e. The Morgan fingerprint density at radius 1 is 1.09 bits per heavy atom. The number of methoxy groups -OCH3 is 1. The van der Waals surface area contributed by atoms with Gasteiger partial charge >= 0.3 is 11.2 Å². The van der Waals surface area contributed by atoms with Crippen LogP contribution in [0.25, 0.3) is 0 Å². The van der Waals surface area contributed by atoms with Crippen LogP contribution >= 0.6 is 0 Å². The van der Waals surface area contributed by atoms with E-state index in [-0.39, 0.29) is 30.1 Å². The van der Waals surface area contributed by atoms with Crippen LogP contribution in [0.1, 0.15) is 24.5 Å². The number of hydrogen-bond donors (Lipinski definition) is 0. The summed E-state index contributed by atoms with van der Waals surface area (Å²) < 4.78 is 6.88. The molecule has 33 heavy (non-hydrogen) atoms. The van der Waals surface area contributed by atoms with E-state index in [2.05, 4.69) is 0 Å². The first-order valence-electron chi connectivity index (χ1n) is 11.0. The van der Waals surface area contributed by atoms with Crippen molar-refractivity contribution in [1.29, 1.82) is 0 Å². The first kappa shape index (κ1) is 21.2. The number of fused-ring (bicyclic) bond motifs is 4. The van der Waals surface area contributed by atoms with E-state index in [4.69, 9.17) is 4.74 Å². The number of rotatable bonds is 4. The number of nitro groups is 1. The number of ether oxygens (including phenoxy) is 1. The molecule has 2 bridgehead atoms. The van der Waals surface area contributed by atoms with Gasteiger partial charge in [-0.05, 0) is 30.5 Å². The average Bonchev–Trinajstić information content (AvgIpc) is 3.20. The Balaban J connectivity index is 1.35. The Bertz CT molecular complexity index is 1210. The number of benzene rings is 1. The van der Waals surface area contributed by atoms with Gasteiger partial charge in [-0.25, -0.2) is 0 Å². The zero-order valence-electron chi connectivity index (χ0n) is 18.2. The van der Waals surface area contributed by atoms with Gasteiger partial charge in [-0.1, -0.05) is 12.1 Å². The topological polar surface area (TPSA) is 115 Å². The maximum Gasteiger partial charge on any atom is 0.334 e. The molecule has 0 spiro atoms. The monoisotopic (exact) mass is 452 g/mol. The third-order valence-electron chi connectivity index (χ3n) is 6.94. The fraction of sp³-hybridized carbons (Fsp3) is 0.435. The molecular weight excluding hydrogens is 428 g/mol. The minimum absolute atomic E-state index is 0.0438. The quantitative estimate of drug-likeness (QED) is 0.516. The van der Waals surface area contributed by atoms with Crippen LogP contribution in [0.5, 0.6) is 5.75 Å². The highest BCUT2D eigenvalue weighted by Gasteiger charge is 2.42. The van der Waals surface area contributed by atoms with E-state index in [1.165, 1.54) is 10.6 Å². The first-order chi connectivity index (χ1) is 15.9. The molecule has 3 atom stereocenters. The molecule has 2 saturated heterocycles. The molecule has 0 saturated carbocycles. The molecule has 4 heterocycles. The minimum atomic E-state index is -0.652. The Morgan fingerprint density at radius 3 is 2.64 bits per heavy atom. The number of piperidine rings is 1. The fourth-order valence-corrected chi connectivity index (χ4v) is 5.47. The Kier molecular flexibility index (Phi) is 5.15. The van der Waals surface area contributed by atoms with Gasteiger partial charge in [-0.15, -0.1) is 0 Å². The second-order valence-electron chi connectivity index (χ2n) is 8.94. The summed E-state index contributed by atoms with van der Waals surface area (Å²) in [7, 11) is 1.55. The number of carbonyl (C=O) groups excluding carboxylic acids is 2. The van der Waals surface area contributed by atoms with Gasteiger partial charge in [0, 0.05) is 50.3 Å². The van der Waals surface area contributed by atoms with Crippen molar-refractivity contribution in [3.8, 4) is 5.75 Å². The fourth-order valence-electron chi connectivity index (χ4n) is 5.47. The van der Waals surface area contributed by atoms with E-state index in [0.29, 0.717) is 37.6 Å². The van der Waals surface area contributed by atoms with E-state index >= 15 is 0 Å². The van der Waals surface area contributed by atoms with Crippen molar-refractivity contribution in [2.24, 2.45) is 11.8 Å². The van der Waals surface area contributed by atoms with Crippen molar-refractivity contribution in [3.63, 3.8) is 0 Å². The average molecular weight is 452 g/mol. The molecule has 10 heteroatoms. The summed E-state index contributed by atoms with van der Waals surface area (Å²) in [5.41, 5.74) is 0.386. The highest BCUT2D eigenvalue weighted by molar-refractivity contribution is 6.01. The molecule has 2 fully saturated rings. The van der Waals surface area contributed by atoms with Gasteiger partial charge in [0.1, 0.15) is 5.75 Å². The number of nitrogens with zero attached hydrogens (tertiary/aromatic N) is 4. The molecular formula is C23H24N4O6. The minimum Gasteiger partial charge on any atom is -0.495 e. The van der Waals surface area contributed by atoms with E-state index in [1.807, 2.05) is 18.2 Å². The van der Waals surface area contributed by atoms with Crippen molar-refractivity contribution in [2.75, 3.05) is 31.6 Å². The lowest BCUT2D eigenvalue weighted by atomic mass is 9.82. The van der Waals surface area contributed by atoms with Crippen molar-refractivity contribution in [2.45, 2.75) is 25.3 Å². The van der Waals surface area contributed by atoms with Gasteiger partial charge in [-0.2, -0.15) is 0 Å². The summed E-state index contributed by atoms with van der Waals surface area (Å²) in [6.45, 7) is 1.56. The van der Waals surface area contributed by atoms with Crippen molar-refractivity contribution < 1.29 is 19.2 Å². The summed E-state index contributed by atoms with van der Waals surface area (Å²) in [6.07, 6.45) is 0.975. The molecule has 10 nitrogen and oxygen atoms in total. The summed E-state index contributed by atoms with van der Waals surface area (Å²) in [5, 5.41) is 11.1.